The van der Waals surface area contributed by atoms with Crippen molar-refractivity contribution in [3.63, 3.8) is 0 Å². The molecule has 0 aliphatic carbocycles. The Labute approximate surface area is 83.4 Å². The normalized spacial score (nSPS) is 8.77. The van der Waals surface area contributed by atoms with E-state index in [0.29, 0.717) is 0 Å². The summed E-state index contributed by atoms with van der Waals surface area (Å²) < 4.78 is 0. The molecule has 0 saturated heterocycles. The standard InChI is InChI=1S/C11H22.H4N2/c1-5-9-11(8-4)10(6-2)7-3;1-2/h5-9H2,1-4H3;1-2H2. The largest absolute Gasteiger partial charge is 0.274 e. The SMILES string of the molecule is CCCC(CC)=C(CC)CC.NN. The summed E-state index contributed by atoms with van der Waals surface area (Å²) in [6.45, 7) is 9.07. The van der Waals surface area contributed by atoms with Gasteiger partial charge in [-0.2, -0.15) is 0 Å². The van der Waals surface area contributed by atoms with Gasteiger partial charge >= 0.3 is 0 Å². The zero-order valence-corrected chi connectivity index (χ0v) is 9.69. The number of hydrogen-bond acceptors (Lipinski definition) is 2. The van der Waals surface area contributed by atoms with Gasteiger partial charge in [-0.3, -0.25) is 11.7 Å². The van der Waals surface area contributed by atoms with E-state index in [0.717, 1.165) is 0 Å². The lowest BCUT2D eigenvalue weighted by Gasteiger charge is -2.09. The van der Waals surface area contributed by atoms with Crippen LogP contribution in [0.2, 0.25) is 0 Å². The molecule has 0 aromatic rings. The Morgan fingerprint density at radius 3 is 1.38 bits per heavy atom. The van der Waals surface area contributed by atoms with Crippen molar-refractivity contribution < 1.29 is 0 Å². The van der Waals surface area contributed by atoms with Crippen molar-refractivity contribution in [2.24, 2.45) is 11.7 Å². The van der Waals surface area contributed by atoms with Gasteiger partial charge in [0.05, 0.1) is 0 Å². The van der Waals surface area contributed by atoms with Crippen LogP contribution in [0, 0.1) is 0 Å². The van der Waals surface area contributed by atoms with E-state index in [1.807, 2.05) is 0 Å². The van der Waals surface area contributed by atoms with Gasteiger partial charge in [-0.05, 0) is 25.7 Å². The predicted octanol–water partition coefficient (Wildman–Crippen LogP) is 3.13. The molecule has 0 atom stereocenters. The maximum absolute atomic E-state index is 4.00. The Hall–Kier alpha value is -0.340. The minimum atomic E-state index is 1.25. The Morgan fingerprint density at radius 2 is 1.15 bits per heavy atom. The van der Waals surface area contributed by atoms with Crippen LogP contribution in [0.15, 0.2) is 11.1 Å². The fraction of sp³-hybridized carbons (Fsp3) is 0.818. The fourth-order valence-corrected chi connectivity index (χ4v) is 1.66. The molecule has 0 amide bonds. The zero-order valence-electron chi connectivity index (χ0n) is 9.69. The second kappa shape index (κ2) is 11.7. The molecule has 13 heavy (non-hydrogen) atoms. The minimum absolute atomic E-state index is 1.25. The first-order valence-electron chi connectivity index (χ1n) is 5.33. The van der Waals surface area contributed by atoms with Crippen molar-refractivity contribution in [3.05, 3.63) is 11.1 Å². The molecule has 2 nitrogen and oxygen atoms in total. The van der Waals surface area contributed by atoms with Crippen LogP contribution in [0.4, 0.5) is 0 Å². The van der Waals surface area contributed by atoms with Crippen molar-refractivity contribution in [1.29, 1.82) is 0 Å². The number of hydrazine groups is 1. The van der Waals surface area contributed by atoms with E-state index in [4.69, 9.17) is 0 Å². The summed E-state index contributed by atoms with van der Waals surface area (Å²) in [5.41, 5.74) is 3.40. The molecule has 0 saturated carbocycles. The molecule has 0 aliphatic heterocycles. The molecule has 0 heterocycles. The second-order valence-corrected chi connectivity index (χ2v) is 3.02. The van der Waals surface area contributed by atoms with E-state index < -0.39 is 0 Å². The van der Waals surface area contributed by atoms with Gasteiger partial charge in [-0.25, -0.2) is 0 Å². The van der Waals surface area contributed by atoms with Crippen LogP contribution in [0.3, 0.4) is 0 Å². The first-order valence-corrected chi connectivity index (χ1v) is 5.33. The third kappa shape index (κ3) is 6.79. The average molecular weight is 186 g/mol. The number of hydrogen-bond donors (Lipinski definition) is 2. The zero-order chi connectivity index (χ0) is 10.7. The van der Waals surface area contributed by atoms with E-state index in [9.17, 15) is 0 Å². The minimum Gasteiger partial charge on any atom is -0.274 e. The summed E-state index contributed by atoms with van der Waals surface area (Å²) in [7, 11) is 0. The van der Waals surface area contributed by atoms with Crippen molar-refractivity contribution in [2.45, 2.75) is 59.8 Å². The molecule has 0 aliphatic rings. The van der Waals surface area contributed by atoms with Crippen LogP contribution in [-0.2, 0) is 0 Å². The van der Waals surface area contributed by atoms with E-state index >= 15 is 0 Å². The number of nitrogens with two attached hydrogens (primary N) is 2. The smallest absolute Gasteiger partial charge is 0.0320 e. The third-order valence-corrected chi connectivity index (χ3v) is 2.33. The monoisotopic (exact) mass is 186 g/mol. The maximum Gasteiger partial charge on any atom is -0.0320 e. The topological polar surface area (TPSA) is 52.0 Å². The number of allylic oxidation sites excluding steroid dienone is 2. The van der Waals surface area contributed by atoms with Crippen LogP contribution >= 0.6 is 0 Å². The highest BCUT2D eigenvalue weighted by Crippen LogP contribution is 2.19. The van der Waals surface area contributed by atoms with Gasteiger partial charge in [0.2, 0.25) is 0 Å². The van der Waals surface area contributed by atoms with Crippen LogP contribution < -0.4 is 11.7 Å². The Kier molecular flexibility index (Phi) is 13.6. The lowest BCUT2D eigenvalue weighted by Crippen LogP contribution is -2.02. The third-order valence-electron chi connectivity index (χ3n) is 2.33. The highest BCUT2D eigenvalue weighted by Gasteiger charge is 1.99. The van der Waals surface area contributed by atoms with Crippen LogP contribution in [0.25, 0.3) is 0 Å². The molecule has 0 radical (unpaired) electrons. The molecular formula is C11H26N2. The van der Waals surface area contributed by atoms with Gasteiger partial charge in [0.25, 0.3) is 0 Å². The quantitative estimate of drug-likeness (QED) is 0.394. The van der Waals surface area contributed by atoms with E-state index in [-0.39, 0.29) is 0 Å². The molecule has 0 aromatic carbocycles. The van der Waals surface area contributed by atoms with Crippen molar-refractivity contribution >= 4 is 0 Å². The Bertz CT molecular complexity index is 122. The fourth-order valence-electron chi connectivity index (χ4n) is 1.66. The van der Waals surface area contributed by atoms with Crippen LogP contribution in [0.1, 0.15) is 59.8 Å². The van der Waals surface area contributed by atoms with Gasteiger partial charge in [0.15, 0.2) is 0 Å². The van der Waals surface area contributed by atoms with Crippen molar-refractivity contribution in [2.75, 3.05) is 0 Å². The molecule has 0 aromatic heterocycles. The van der Waals surface area contributed by atoms with Crippen molar-refractivity contribution in [3.8, 4) is 0 Å². The average Bonchev–Trinajstić information content (AvgIpc) is 2.21. The lowest BCUT2D eigenvalue weighted by molar-refractivity contribution is 0.806. The summed E-state index contributed by atoms with van der Waals surface area (Å²) in [6.07, 6.45) is 6.37. The molecule has 0 unspecified atom stereocenters. The predicted molar refractivity (Wildman–Crippen MR) is 61.2 cm³/mol. The first-order chi connectivity index (χ1) is 6.29. The summed E-state index contributed by atoms with van der Waals surface area (Å²) in [5.74, 6) is 8.00. The van der Waals surface area contributed by atoms with Gasteiger partial charge < -0.3 is 0 Å². The van der Waals surface area contributed by atoms with Gasteiger partial charge in [-0.15, -0.1) is 0 Å². The molecule has 0 spiro atoms. The highest BCUT2D eigenvalue weighted by atomic mass is 15.0. The maximum atomic E-state index is 4.00. The molecule has 4 N–H and O–H groups in total. The number of rotatable bonds is 5. The van der Waals surface area contributed by atoms with E-state index in [2.05, 4.69) is 39.4 Å². The summed E-state index contributed by atoms with van der Waals surface area (Å²) in [6, 6.07) is 0. The lowest BCUT2D eigenvalue weighted by atomic mass is 9.97. The summed E-state index contributed by atoms with van der Waals surface area (Å²) in [5, 5.41) is 0. The van der Waals surface area contributed by atoms with E-state index in [1.165, 1.54) is 32.1 Å². The van der Waals surface area contributed by atoms with Gasteiger partial charge in [0.1, 0.15) is 0 Å². The molecule has 2 heteroatoms. The molecule has 0 rings (SSSR count). The van der Waals surface area contributed by atoms with Crippen LogP contribution in [-0.4, -0.2) is 0 Å². The summed E-state index contributed by atoms with van der Waals surface area (Å²) in [4.78, 5) is 0. The van der Waals surface area contributed by atoms with Crippen LogP contribution in [0.5, 0.6) is 0 Å². The van der Waals surface area contributed by atoms with Gasteiger partial charge in [0, 0.05) is 0 Å². The van der Waals surface area contributed by atoms with Crippen molar-refractivity contribution in [1.82, 2.24) is 0 Å². The Balaban J connectivity index is 0. The first kappa shape index (κ1) is 15.1. The van der Waals surface area contributed by atoms with E-state index in [1.54, 1.807) is 11.1 Å². The molecule has 80 valence electrons. The van der Waals surface area contributed by atoms with Gasteiger partial charge in [-0.1, -0.05) is 45.3 Å². The molecule has 0 bridgehead atoms. The second-order valence-electron chi connectivity index (χ2n) is 3.02. The molecule has 0 fully saturated rings. The Morgan fingerprint density at radius 1 is 0.769 bits per heavy atom. The summed E-state index contributed by atoms with van der Waals surface area (Å²) >= 11 is 0. The molecular weight excluding hydrogens is 160 g/mol. The highest BCUT2D eigenvalue weighted by molar-refractivity contribution is 5.13.